The smallest absolute Gasteiger partial charge is 0.403 e. The van der Waals surface area contributed by atoms with Gasteiger partial charge in [-0.05, 0) is 32.4 Å². The van der Waals surface area contributed by atoms with Crippen LogP contribution in [-0.4, -0.2) is 65.3 Å². The summed E-state index contributed by atoms with van der Waals surface area (Å²) < 4.78 is 43.8. The Labute approximate surface area is 151 Å². The molecule has 9 heteroatoms. The number of pyridine rings is 1. The van der Waals surface area contributed by atoms with Crippen molar-refractivity contribution in [2.45, 2.75) is 45.6 Å². The number of carbonyl (C=O) groups is 1. The molecule has 0 bridgehead atoms. The molecule has 1 aromatic heterocycles. The number of hydrogen-bond donors (Lipinski definition) is 1. The summed E-state index contributed by atoms with van der Waals surface area (Å²) in [6, 6.07) is 1.75. The first-order chi connectivity index (χ1) is 12.2. The Morgan fingerprint density at radius 1 is 1.27 bits per heavy atom. The highest BCUT2D eigenvalue weighted by Crippen LogP contribution is 2.25. The van der Waals surface area contributed by atoms with Crippen LogP contribution in [-0.2, 0) is 6.54 Å². The number of urea groups is 1. The molecular weight excluding hydrogens is 349 g/mol. The number of nitrogens with zero attached hydrogens (tertiary/aromatic N) is 3. The second-order valence-corrected chi connectivity index (χ2v) is 6.57. The number of aromatic nitrogens is 1. The molecule has 0 radical (unpaired) electrons. The third kappa shape index (κ3) is 5.76. The van der Waals surface area contributed by atoms with Gasteiger partial charge in [0.15, 0.2) is 0 Å². The predicted molar refractivity (Wildman–Crippen MR) is 90.9 cm³/mol. The lowest BCUT2D eigenvalue weighted by Gasteiger charge is -2.38. The number of rotatable bonds is 5. The fourth-order valence-corrected chi connectivity index (χ4v) is 2.68. The zero-order valence-electron chi connectivity index (χ0n) is 15.2. The number of amides is 2. The topological polar surface area (TPSA) is 57.7 Å². The summed E-state index contributed by atoms with van der Waals surface area (Å²) in [5.41, 5.74) is 0.841. The van der Waals surface area contributed by atoms with Gasteiger partial charge in [0.25, 0.3) is 0 Å². The Hall–Kier alpha value is -2.03. The maximum atomic E-state index is 12.8. The van der Waals surface area contributed by atoms with Gasteiger partial charge in [0.05, 0.1) is 6.10 Å². The Balaban J connectivity index is 1.81. The number of hydrogen-bond acceptors (Lipinski definition) is 4. The SMILES string of the molecule is CC(C)Oc1cc(CNC(=O)N2CCN(C(C)C(F)(F)F)CC2)ccn1. The molecule has 6 nitrogen and oxygen atoms in total. The van der Waals surface area contributed by atoms with E-state index < -0.39 is 12.2 Å². The average Bonchev–Trinajstić information content (AvgIpc) is 2.58. The van der Waals surface area contributed by atoms with Crippen LogP contribution in [0.25, 0.3) is 0 Å². The molecule has 2 amide bonds. The van der Waals surface area contributed by atoms with Crippen molar-refractivity contribution in [2.75, 3.05) is 26.2 Å². The maximum Gasteiger partial charge on any atom is 0.403 e. The lowest BCUT2D eigenvalue weighted by Crippen LogP contribution is -2.56. The van der Waals surface area contributed by atoms with Gasteiger partial charge in [-0.15, -0.1) is 0 Å². The molecule has 1 atom stereocenters. The van der Waals surface area contributed by atoms with E-state index in [2.05, 4.69) is 10.3 Å². The molecule has 1 unspecified atom stereocenters. The quantitative estimate of drug-likeness (QED) is 0.861. The second kappa shape index (κ2) is 8.57. The number of nitrogens with one attached hydrogen (secondary N) is 1. The van der Waals surface area contributed by atoms with Gasteiger partial charge in [-0.25, -0.2) is 9.78 Å². The second-order valence-electron chi connectivity index (χ2n) is 6.57. The lowest BCUT2D eigenvalue weighted by atomic mass is 10.2. The van der Waals surface area contributed by atoms with Gasteiger partial charge in [0.2, 0.25) is 5.88 Å². The van der Waals surface area contributed by atoms with Crippen LogP contribution in [0.3, 0.4) is 0 Å². The van der Waals surface area contributed by atoms with Gasteiger partial charge in [0.1, 0.15) is 6.04 Å². The minimum Gasteiger partial charge on any atom is -0.475 e. The van der Waals surface area contributed by atoms with Crippen LogP contribution >= 0.6 is 0 Å². The first-order valence-corrected chi connectivity index (χ1v) is 8.62. The Kier molecular flexibility index (Phi) is 6.69. The van der Waals surface area contributed by atoms with Crippen LogP contribution in [0.1, 0.15) is 26.3 Å². The number of ether oxygens (including phenoxy) is 1. The van der Waals surface area contributed by atoms with Crippen LogP contribution in [0, 0.1) is 0 Å². The molecule has 1 saturated heterocycles. The van der Waals surface area contributed by atoms with Gasteiger partial charge in [-0.2, -0.15) is 13.2 Å². The molecule has 0 spiro atoms. The Morgan fingerprint density at radius 3 is 2.50 bits per heavy atom. The zero-order chi connectivity index (χ0) is 19.3. The fraction of sp³-hybridized carbons (Fsp3) is 0.647. The van der Waals surface area contributed by atoms with Crippen molar-refractivity contribution in [3.63, 3.8) is 0 Å². The molecule has 1 aromatic rings. The Bertz CT molecular complexity index is 602. The van der Waals surface area contributed by atoms with Crippen molar-refractivity contribution in [3.05, 3.63) is 23.9 Å². The third-order valence-corrected chi connectivity index (χ3v) is 4.22. The van der Waals surface area contributed by atoms with E-state index in [9.17, 15) is 18.0 Å². The van der Waals surface area contributed by atoms with Gasteiger partial charge >= 0.3 is 12.2 Å². The molecule has 1 aliphatic heterocycles. The summed E-state index contributed by atoms with van der Waals surface area (Å²) in [6.45, 7) is 6.19. The monoisotopic (exact) mass is 374 g/mol. The largest absolute Gasteiger partial charge is 0.475 e. The van der Waals surface area contributed by atoms with E-state index in [1.165, 1.54) is 9.80 Å². The molecule has 1 N–H and O–H groups in total. The lowest BCUT2D eigenvalue weighted by molar-refractivity contribution is -0.181. The van der Waals surface area contributed by atoms with E-state index in [-0.39, 0.29) is 38.3 Å². The number of piperazine rings is 1. The minimum absolute atomic E-state index is 0.00252. The number of halogens is 3. The summed E-state index contributed by atoms with van der Waals surface area (Å²) >= 11 is 0. The minimum atomic E-state index is -4.25. The van der Waals surface area contributed by atoms with E-state index in [0.717, 1.165) is 12.5 Å². The highest BCUT2D eigenvalue weighted by atomic mass is 19.4. The van der Waals surface area contributed by atoms with E-state index in [1.54, 1.807) is 18.3 Å². The summed E-state index contributed by atoms with van der Waals surface area (Å²) in [7, 11) is 0. The van der Waals surface area contributed by atoms with Crippen LogP contribution in [0.5, 0.6) is 5.88 Å². The van der Waals surface area contributed by atoms with Crippen molar-refractivity contribution in [2.24, 2.45) is 0 Å². The fourth-order valence-electron chi connectivity index (χ4n) is 2.68. The molecule has 0 aliphatic carbocycles. The molecule has 2 rings (SSSR count). The summed E-state index contributed by atoms with van der Waals surface area (Å²) in [6.07, 6.45) is -2.64. The van der Waals surface area contributed by atoms with Crippen molar-refractivity contribution < 1.29 is 22.7 Å². The van der Waals surface area contributed by atoms with Gasteiger partial charge < -0.3 is 15.0 Å². The molecule has 1 aliphatic rings. The van der Waals surface area contributed by atoms with Gasteiger partial charge in [-0.1, -0.05) is 0 Å². The standard InChI is InChI=1S/C17H25F3N4O2/c1-12(2)26-15-10-14(4-5-21-15)11-22-16(25)24-8-6-23(7-9-24)13(3)17(18,19)20/h4-5,10,12-13H,6-9,11H2,1-3H3,(H,22,25). The van der Waals surface area contributed by atoms with Crippen LogP contribution in [0.4, 0.5) is 18.0 Å². The normalized spacial score (nSPS) is 17.3. The number of carbonyl (C=O) groups excluding carboxylic acids is 1. The van der Waals surface area contributed by atoms with Crippen molar-refractivity contribution >= 4 is 6.03 Å². The van der Waals surface area contributed by atoms with Gasteiger partial charge in [0, 0.05) is 45.0 Å². The van der Waals surface area contributed by atoms with Crippen LogP contribution in [0.15, 0.2) is 18.3 Å². The first kappa shape index (κ1) is 20.3. The summed E-state index contributed by atoms with van der Waals surface area (Å²) in [5.74, 6) is 0.488. The summed E-state index contributed by atoms with van der Waals surface area (Å²) in [4.78, 5) is 19.2. The molecule has 0 saturated carbocycles. The molecule has 2 heterocycles. The van der Waals surface area contributed by atoms with Crippen molar-refractivity contribution in [1.29, 1.82) is 0 Å². The maximum absolute atomic E-state index is 12.8. The van der Waals surface area contributed by atoms with Crippen molar-refractivity contribution in [3.8, 4) is 5.88 Å². The zero-order valence-corrected chi connectivity index (χ0v) is 15.2. The molecule has 0 aromatic carbocycles. The van der Waals surface area contributed by atoms with Crippen molar-refractivity contribution in [1.82, 2.24) is 20.1 Å². The van der Waals surface area contributed by atoms with Crippen LogP contribution in [0.2, 0.25) is 0 Å². The molecular formula is C17H25F3N4O2. The van der Waals surface area contributed by atoms with Gasteiger partial charge in [-0.3, -0.25) is 4.90 Å². The van der Waals surface area contributed by atoms with Crippen LogP contribution < -0.4 is 10.1 Å². The Morgan fingerprint density at radius 2 is 1.92 bits per heavy atom. The summed E-state index contributed by atoms with van der Waals surface area (Å²) in [5, 5.41) is 2.79. The highest BCUT2D eigenvalue weighted by Gasteiger charge is 2.41. The molecule has 26 heavy (non-hydrogen) atoms. The average molecular weight is 374 g/mol. The van der Waals surface area contributed by atoms with E-state index in [1.807, 2.05) is 13.8 Å². The molecule has 146 valence electrons. The number of alkyl halides is 3. The molecule has 1 fully saturated rings. The highest BCUT2D eigenvalue weighted by molar-refractivity contribution is 5.74. The van der Waals surface area contributed by atoms with E-state index >= 15 is 0 Å². The predicted octanol–water partition coefficient (Wildman–Crippen LogP) is 2.65. The first-order valence-electron chi connectivity index (χ1n) is 8.62. The van der Waals surface area contributed by atoms with E-state index in [0.29, 0.717) is 12.4 Å². The van der Waals surface area contributed by atoms with E-state index in [4.69, 9.17) is 4.74 Å². The third-order valence-electron chi connectivity index (χ3n) is 4.22.